The third-order valence-corrected chi connectivity index (χ3v) is 4.86. The van der Waals surface area contributed by atoms with E-state index in [0.29, 0.717) is 11.4 Å². The second kappa shape index (κ2) is 7.44. The van der Waals surface area contributed by atoms with E-state index in [9.17, 15) is 13.6 Å². The molecule has 1 aliphatic heterocycles. The van der Waals surface area contributed by atoms with Crippen LogP contribution in [0.2, 0.25) is 0 Å². The number of hydrogen-bond acceptors (Lipinski definition) is 2. The Bertz CT molecular complexity index is 972. The maximum Gasteiger partial charge on any atom is 0.255 e. The summed E-state index contributed by atoms with van der Waals surface area (Å²) in [6.07, 6.45) is 0. The zero-order valence-corrected chi connectivity index (χ0v) is 15.9. The molecule has 3 rings (SSSR count). The van der Waals surface area contributed by atoms with Crippen molar-refractivity contribution in [2.24, 2.45) is 0 Å². The minimum Gasteiger partial charge on any atom is -0.351 e. The van der Waals surface area contributed by atoms with Gasteiger partial charge in [0.15, 0.2) is 5.11 Å². The normalized spacial score (nSPS) is 16.6. The van der Waals surface area contributed by atoms with Gasteiger partial charge in [0.05, 0.1) is 11.6 Å². The first-order chi connectivity index (χ1) is 12.8. The number of allylic oxidation sites excluding steroid dienone is 1. The lowest BCUT2D eigenvalue weighted by Crippen LogP contribution is -2.46. The first-order valence-corrected chi connectivity index (χ1v) is 8.79. The summed E-state index contributed by atoms with van der Waals surface area (Å²) in [6.45, 7) is 5.56. The van der Waals surface area contributed by atoms with E-state index >= 15 is 0 Å². The Kier molecular flexibility index (Phi) is 5.23. The predicted molar refractivity (Wildman–Crippen MR) is 105 cm³/mol. The van der Waals surface area contributed by atoms with E-state index in [1.54, 1.807) is 13.0 Å². The van der Waals surface area contributed by atoms with Crippen molar-refractivity contribution < 1.29 is 13.6 Å². The summed E-state index contributed by atoms with van der Waals surface area (Å²) in [7, 11) is 0. The van der Waals surface area contributed by atoms with Crippen LogP contribution in [0.15, 0.2) is 47.7 Å². The quantitative estimate of drug-likeness (QED) is 0.697. The molecule has 0 spiro atoms. The van der Waals surface area contributed by atoms with Crippen molar-refractivity contribution in [1.82, 2.24) is 10.6 Å². The van der Waals surface area contributed by atoms with Gasteiger partial charge in [-0.2, -0.15) is 0 Å². The summed E-state index contributed by atoms with van der Waals surface area (Å²) < 4.78 is 27.7. The average Bonchev–Trinajstić information content (AvgIpc) is 2.58. The molecule has 1 heterocycles. The van der Waals surface area contributed by atoms with Crippen molar-refractivity contribution in [1.29, 1.82) is 0 Å². The van der Waals surface area contributed by atoms with E-state index in [1.807, 2.05) is 26.0 Å². The summed E-state index contributed by atoms with van der Waals surface area (Å²) in [5.74, 6) is -1.82. The Morgan fingerprint density at radius 1 is 1.15 bits per heavy atom. The summed E-state index contributed by atoms with van der Waals surface area (Å²) in [5.41, 5.74) is 3.60. The number of thiocarbonyl (C=S) groups is 1. The Hall–Kier alpha value is -2.80. The molecule has 0 bridgehead atoms. The van der Waals surface area contributed by atoms with Gasteiger partial charge in [-0.15, -0.1) is 0 Å². The van der Waals surface area contributed by atoms with Gasteiger partial charge in [0.1, 0.15) is 11.6 Å². The highest BCUT2D eigenvalue weighted by Gasteiger charge is 2.32. The second-order valence-electron chi connectivity index (χ2n) is 6.44. The van der Waals surface area contributed by atoms with Crippen LogP contribution in [0.5, 0.6) is 0 Å². The van der Waals surface area contributed by atoms with E-state index in [-0.39, 0.29) is 16.2 Å². The molecular weight excluding hydrogens is 368 g/mol. The average molecular weight is 387 g/mol. The van der Waals surface area contributed by atoms with E-state index in [2.05, 4.69) is 16.0 Å². The standard InChI is InChI=1S/C20H19F2N3OS/c1-10-5-4-6-16(11(10)2)24-19(26)17-12(3)23-20(27)25-18(17)14-8-7-13(21)9-15(14)22/h4-9,18H,1-3H3,(H,24,26)(H2,23,25,27)/t18-/m1/s1. The van der Waals surface area contributed by atoms with Crippen molar-refractivity contribution in [2.45, 2.75) is 26.8 Å². The van der Waals surface area contributed by atoms with Gasteiger partial charge < -0.3 is 16.0 Å². The van der Waals surface area contributed by atoms with Crippen LogP contribution in [0.25, 0.3) is 0 Å². The van der Waals surface area contributed by atoms with Crippen molar-refractivity contribution in [3.8, 4) is 0 Å². The van der Waals surface area contributed by atoms with Crippen LogP contribution in [-0.4, -0.2) is 11.0 Å². The molecule has 0 saturated carbocycles. The third kappa shape index (κ3) is 3.83. The summed E-state index contributed by atoms with van der Waals surface area (Å²) in [5, 5.41) is 8.95. The first kappa shape index (κ1) is 19.0. The number of benzene rings is 2. The highest BCUT2D eigenvalue weighted by atomic mass is 32.1. The molecular formula is C20H19F2N3OS. The molecule has 2 aromatic carbocycles. The second-order valence-corrected chi connectivity index (χ2v) is 6.85. The molecule has 0 saturated heterocycles. The number of amides is 1. The van der Waals surface area contributed by atoms with E-state index < -0.39 is 23.6 Å². The Morgan fingerprint density at radius 2 is 1.89 bits per heavy atom. The number of carbonyl (C=O) groups is 1. The lowest BCUT2D eigenvalue weighted by atomic mass is 9.94. The van der Waals surface area contributed by atoms with Gasteiger partial charge >= 0.3 is 0 Å². The zero-order valence-electron chi connectivity index (χ0n) is 15.1. The van der Waals surface area contributed by atoms with Gasteiger partial charge in [0.25, 0.3) is 5.91 Å². The van der Waals surface area contributed by atoms with Gasteiger partial charge in [0.2, 0.25) is 0 Å². The van der Waals surface area contributed by atoms with Gasteiger partial charge in [-0.1, -0.05) is 18.2 Å². The lowest BCUT2D eigenvalue weighted by molar-refractivity contribution is -0.113. The lowest BCUT2D eigenvalue weighted by Gasteiger charge is -2.30. The van der Waals surface area contributed by atoms with E-state index in [0.717, 1.165) is 23.3 Å². The van der Waals surface area contributed by atoms with Gasteiger partial charge in [-0.3, -0.25) is 4.79 Å². The SMILES string of the molecule is CC1=C(C(=O)Nc2cccc(C)c2C)[C@@H](c2ccc(F)cc2F)NC(=S)N1. The number of rotatable bonds is 3. The Morgan fingerprint density at radius 3 is 2.59 bits per heavy atom. The number of carbonyl (C=O) groups excluding carboxylic acids is 1. The van der Waals surface area contributed by atoms with Crippen molar-refractivity contribution >= 4 is 28.9 Å². The summed E-state index contributed by atoms with van der Waals surface area (Å²) >= 11 is 5.15. The van der Waals surface area contributed by atoms with Gasteiger partial charge in [-0.05, 0) is 56.2 Å². The van der Waals surface area contributed by atoms with Crippen molar-refractivity contribution in [3.05, 3.63) is 76.0 Å². The molecule has 3 N–H and O–H groups in total. The molecule has 140 valence electrons. The Labute approximate surface area is 161 Å². The molecule has 27 heavy (non-hydrogen) atoms. The van der Waals surface area contributed by atoms with Crippen LogP contribution < -0.4 is 16.0 Å². The molecule has 4 nitrogen and oxygen atoms in total. The number of hydrogen-bond donors (Lipinski definition) is 3. The summed E-state index contributed by atoms with van der Waals surface area (Å²) in [6, 6.07) is 8.03. The van der Waals surface area contributed by atoms with Crippen molar-refractivity contribution in [3.63, 3.8) is 0 Å². The summed E-state index contributed by atoms with van der Waals surface area (Å²) in [4.78, 5) is 13.0. The highest BCUT2D eigenvalue weighted by Crippen LogP contribution is 2.30. The van der Waals surface area contributed by atoms with Crippen LogP contribution in [0.1, 0.15) is 29.7 Å². The smallest absolute Gasteiger partial charge is 0.255 e. The maximum atomic E-state index is 14.4. The fourth-order valence-electron chi connectivity index (χ4n) is 3.04. The van der Waals surface area contributed by atoms with Crippen molar-refractivity contribution in [2.75, 3.05) is 5.32 Å². The molecule has 0 aliphatic carbocycles. The molecule has 2 aromatic rings. The van der Waals surface area contributed by atoms with Gasteiger partial charge in [0, 0.05) is 23.0 Å². The fourth-order valence-corrected chi connectivity index (χ4v) is 3.31. The number of halogens is 2. The topological polar surface area (TPSA) is 53.2 Å². The molecule has 7 heteroatoms. The number of nitrogens with one attached hydrogen (secondary N) is 3. The fraction of sp³-hybridized carbons (Fsp3) is 0.200. The number of aryl methyl sites for hydroxylation is 1. The molecule has 1 atom stereocenters. The first-order valence-electron chi connectivity index (χ1n) is 8.38. The Balaban J connectivity index is 2.01. The molecule has 0 radical (unpaired) electrons. The molecule has 0 unspecified atom stereocenters. The zero-order chi connectivity index (χ0) is 19.7. The van der Waals surface area contributed by atoms with Crippen LogP contribution in [0.4, 0.5) is 14.5 Å². The minimum absolute atomic E-state index is 0.144. The van der Waals surface area contributed by atoms with Crippen LogP contribution in [-0.2, 0) is 4.79 Å². The van der Waals surface area contributed by atoms with Crippen LogP contribution >= 0.6 is 12.2 Å². The predicted octanol–water partition coefficient (Wildman–Crippen LogP) is 4.01. The molecule has 0 aromatic heterocycles. The van der Waals surface area contributed by atoms with Gasteiger partial charge in [-0.25, -0.2) is 8.78 Å². The maximum absolute atomic E-state index is 14.4. The van der Waals surface area contributed by atoms with Crippen LogP contribution in [0, 0.1) is 25.5 Å². The minimum atomic E-state index is -0.829. The van der Waals surface area contributed by atoms with E-state index in [4.69, 9.17) is 12.2 Å². The molecule has 1 aliphatic rings. The monoisotopic (exact) mass is 387 g/mol. The molecule has 1 amide bonds. The number of anilines is 1. The third-order valence-electron chi connectivity index (χ3n) is 4.64. The highest BCUT2D eigenvalue weighted by molar-refractivity contribution is 7.80. The van der Waals surface area contributed by atoms with E-state index in [1.165, 1.54) is 6.07 Å². The van der Waals surface area contributed by atoms with Crippen LogP contribution in [0.3, 0.4) is 0 Å². The largest absolute Gasteiger partial charge is 0.351 e. The molecule has 0 fully saturated rings.